The first kappa shape index (κ1) is 23.4. The van der Waals surface area contributed by atoms with Gasteiger partial charge in [0.2, 0.25) is 5.91 Å². The second-order valence-electron chi connectivity index (χ2n) is 7.46. The average molecular weight is 479 g/mol. The van der Waals surface area contributed by atoms with Gasteiger partial charge >= 0.3 is 6.18 Å². The van der Waals surface area contributed by atoms with Crippen LogP contribution in [0.15, 0.2) is 48.7 Å². The predicted octanol–water partition coefficient (Wildman–Crippen LogP) is 3.42. The van der Waals surface area contributed by atoms with Crippen LogP contribution in [-0.2, 0) is 12.7 Å². The number of carbonyl (C=O) groups is 2. The zero-order chi connectivity index (χ0) is 25.3. The number of halogens is 3. The Hall–Kier alpha value is -4.79. The average Bonchev–Trinajstić information content (AvgIpc) is 3.14. The van der Waals surface area contributed by atoms with Gasteiger partial charge in [-0.05, 0) is 31.2 Å². The summed E-state index contributed by atoms with van der Waals surface area (Å²) in [6, 6.07) is 12.5. The highest BCUT2D eigenvalue weighted by Crippen LogP contribution is 2.36. The zero-order valence-corrected chi connectivity index (χ0v) is 18.1. The first-order valence-electron chi connectivity index (χ1n) is 10.1. The number of rotatable bonds is 5. The van der Waals surface area contributed by atoms with Gasteiger partial charge in [-0.15, -0.1) is 0 Å². The molecular formula is C23H16F3N7O2. The van der Waals surface area contributed by atoms with Gasteiger partial charge < -0.3 is 11.1 Å². The summed E-state index contributed by atoms with van der Waals surface area (Å²) in [5.41, 5.74) is 3.88. The van der Waals surface area contributed by atoms with Crippen LogP contribution in [0, 0.1) is 18.3 Å². The second kappa shape index (κ2) is 8.86. The molecule has 12 heteroatoms. The molecule has 9 nitrogen and oxygen atoms in total. The highest BCUT2D eigenvalue weighted by molar-refractivity contribution is 6.10. The number of benzene rings is 1. The number of nitrogens with two attached hydrogens (primary N) is 1. The summed E-state index contributed by atoms with van der Waals surface area (Å²) >= 11 is 0. The van der Waals surface area contributed by atoms with E-state index in [-0.39, 0.29) is 40.3 Å². The number of fused-ring (bicyclic) bond motifs is 1. The molecule has 0 bridgehead atoms. The van der Waals surface area contributed by atoms with E-state index in [2.05, 4.69) is 20.4 Å². The summed E-state index contributed by atoms with van der Waals surface area (Å²) in [6.45, 7) is 1.12. The van der Waals surface area contributed by atoms with Crippen LogP contribution in [0.4, 0.5) is 18.9 Å². The molecule has 3 N–H and O–H groups in total. The standard InChI is InChI=1S/C23H16F3N7O2/c1-12-19(20(23(24,25)26)32-33(12)11-18-13(10-27)5-4-8-29-18)31-22(35)17-9-15(21(28)34)14-6-2-3-7-16(14)30-17/h2-9H,11H2,1H3,(H2,28,34)(H,31,35). The molecule has 0 atom stereocenters. The van der Waals surface area contributed by atoms with E-state index >= 15 is 0 Å². The van der Waals surface area contributed by atoms with Crippen molar-refractivity contribution in [2.45, 2.75) is 19.6 Å². The fourth-order valence-corrected chi connectivity index (χ4v) is 3.53. The van der Waals surface area contributed by atoms with Crippen LogP contribution >= 0.6 is 0 Å². The van der Waals surface area contributed by atoms with Gasteiger partial charge in [-0.2, -0.15) is 23.5 Å². The summed E-state index contributed by atoms with van der Waals surface area (Å²) in [6.07, 6.45) is -3.49. The van der Waals surface area contributed by atoms with Gasteiger partial charge in [0.05, 0.1) is 40.3 Å². The van der Waals surface area contributed by atoms with Crippen molar-refractivity contribution < 1.29 is 22.8 Å². The highest BCUT2D eigenvalue weighted by atomic mass is 19.4. The molecule has 176 valence electrons. The van der Waals surface area contributed by atoms with Crippen LogP contribution in [-0.4, -0.2) is 31.6 Å². The molecule has 0 aliphatic carbocycles. The molecule has 4 rings (SSSR count). The summed E-state index contributed by atoms with van der Waals surface area (Å²) in [4.78, 5) is 33.0. The summed E-state index contributed by atoms with van der Waals surface area (Å²) in [5.74, 6) is -1.80. The minimum Gasteiger partial charge on any atom is -0.366 e. The maximum Gasteiger partial charge on any atom is 0.437 e. The fraction of sp³-hybridized carbons (Fsp3) is 0.130. The number of carbonyl (C=O) groups excluding carboxylic acids is 2. The molecule has 3 heterocycles. The molecule has 35 heavy (non-hydrogen) atoms. The van der Waals surface area contributed by atoms with E-state index in [0.717, 1.165) is 10.7 Å². The van der Waals surface area contributed by atoms with Crippen molar-refractivity contribution in [1.82, 2.24) is 19.7 Å². The molecule has 0 spiro atoms. The maximum absolute atomic E-state index is 13.8. The summed E-state index contributed by atoms with van der Waals surface area (Å²) < 4.78 is 42.4. The van der Waals surface area contributed by atoms with Crippen molar-refractivity contribution in [2.75, 3.05) is 5.32 Å². The van der Waals surface area contributed by atoms with Gasteiger partial charge in [-0.25, -0.2) is 4.98 Å². The molecule has 3 aromatic heterocycles. The Morgan fingerprint density at radius 3 is 2.63 bits per heavy atom. The third-order valence-electron chi connectivity index (χ3n) is 5.24. The first-order valence-corrected chi connectivity index (χ1v) is 10.1. The second-order valence-corrected chi connectivity index (χ2v) is 7.46. The van der Waals surface area contributed by atoms with E-state index in [4.69, 9.17) is 5.73 Å². The molecule has 4 aromatic rings. The van der Waals surface area contributed by atoms with Crippen molar-refractivity contribution >= 4 is 28.4 Å². The third kappa shape index (κ3) is 4.51. The molecule has 0 aliphatic heterocycles. The normalized spacial score (nSPS) is 11.3. The Morgan fingerprint density at radius 1 is 1.20 bits per heavy atom. The number of pyridine rings is 2. The Bertz CT molecular complexity index is 1520. The topological polar surface area (TPSA) is 140 Å². The molecule has 0 unspecified atom stereocenters. The van der Waals surface area contributed by atoms with Gasteiger partial charge in [0.25, 0.3) is 5.91 Å². The van der Waals surface area contributed by atoms with Crippen LogP contribution in [0.2, 0.25) is 0 Å². The van der Waals surface area contributed by atoms with E-state index in [1.165, 1.54) is 25.3 Å². The quantitative estimate of drug-likeness (QED) is 0.450. The lowest BCUT2D eigenvalue weighted by molar-refractivity contribution is -0.140. The summed E-state index contributed by atoms with van der Waals surface area (Å²) in [5, 5.41) is 15.5. The zero-order valence-electron chi connectivity index (χ0n) is 18.1. The lowest BCUT2D eigenvalue weighted by atomic mass is 10.1. The maximum atomic E-state index is 13.8. The number of anilines is 1. The molecule has 0 saturated heterocycles. The van der Waals surface area contributed by atoms with E-state index in [1.807, 2.05) is 6.07 Å². The Balaban J connectivity index is 1.76. The molecule has 0 aliphatic rings. The van der Waals surface area contributed by atoms with E-state index < -0.39 is 29.4 Å². The number of nitriles is 1. The van der Waals surface area contributed by atoms with Crippen molar-refractivity contribution in [2.24, 2.45) is 5.73 Å². The van der Waals surface area contributed by atoms with Crippen LogP contribution in [0.3, 0.4) is 0 Å². The summed E-state index contributed by atoms with van der Waals surface area (Å²) in [7, 11) is 0. The van der Waals surface area contributed by atoms with Crippen molar-refractivity contribution in [3.8, 4) is 6.07 Å². The number of amides is 2. The number of hydrogen-bond acceptors (Lipinski definition) is 6. The van der Waals surface area contributed by atoms with Crippen molar-refractivity contribution in [3.05, 3.63) is 82.6 Å². The number of alkyl halides is 3. The van der Waals surface area contributed by atoms with Crippen LogP contribution < -0.4 is 11.1 Å². The predicted molar refractivity (Wildman–Crippen MR) is 118 cm³/mol. The monoisotopic (exact) mass is 479 g/mol. The van der Waals surface area contributed by atoms with Crippen LogP contribution in [0.25, 0.3) is 10.9 Å². The SMILES string of the molecule is Cc1c(NC(=O)c2cc(C(N)=O)c3ccccc3n2)c(C(F)(F)F)nn1Cc1ncccc1C#N. The Morgan fingerprint density at radius 2 is 1.94 bits per heavy atom. The molecule has 2 amide bonds. The van der Waals surface area contributed by atoms with E-state index in [9.17, 15) is 28.0 Å². The van der Waals surface area contributed by atoms with Gasteiger partial charge in [0.15, 0.2) is 5.69 Å². The largest absolute Gasteiger partial charge is 0.437 e. The van der Waals surface area contributed by atoms with Gasteiger partial charge in [0, 0.05) is 11.6 Å². The van der Waals surface area contributed by atoms with Crippen LogP contribution in [0.5, 0.6) is 0 Å². The third-order valence-corrected chi connectivity index (χ3v) is 5.24. The number of primary amides is 1. The van der Waals surface area contributed by atoms with Crippen molar-refractivity contribution in [1.29, 1.82) is 5.26 Å². The molecule has 1 aromatic carbocycles. The molecule has 0 saturated carbocycles. The van der Waals surface area contributed by atoms with E-state index in [0.29, 0.717) is 5.39 Å². The number of nitrogens with zero attached hydrogens (tertiary/aromatic N) is 5. The minimum atomic E-state index is -4.89. The lowest BCUT2D eigenvalue weighted by Crippen LogP contribution is -2.19. The fourth-order valence-electron chi connectivity index (χ4n) is 3.53. The van der Waals surface area contributed by atoms with Gasteiger partial charge in [-0.1, -0.05) is 18.2 Å². The van der Waals surface area contributed by atoms with E-state index in [1.54, 1.807) is 24.3 Å². The first-order chi connectivity index (χ1) is 16.6. The smallest absolute Gasteiger partial charge is 0.366 e. The van der Waals surface area contributed by atoms with Crippen LogP contribution in [0.1, 0.15) is 43.5 Å². The van der Waals surface area contributed by atoms with Gasteiger partial charge in [-0.3, -0.25) is 19.3 Å². The number of nitrogens with one attached hydrogen (secondary N) is 1. The number of hydrogen-bond donors (Lipinski definition) is 2. The molecule has 0 fully saturated rings. The lowest BCUT2D eigenvalue weighted by Gasteiger charge is -2.10. The number of aromatic nitrogens is 4. The Kier molecular flexibility index (Phi) is 5.92. The van der Waals surface area contributed by atoms with Gasteiger partial charge in [0.1, 0.15) is 11.8 Å². The van der Waals surface area contributed by atoms with Crippen molar-refractivity contribution in [3.63, 3.8) is 0 Å². The highest BCUT2D eigenvalue weighted by Gasteiger charge is 2.39. The molecular weight excluding hydrogens is 463 g/mol. The Labute approximate surface area is 196 Å². The minimum absolute atomic E-state index is 0.00315. The number of para-hydroxylation sites is 1. The molecule has 0 radical (unpaired) electrons.